The van der Waals surface area contributed by atoms with Crippen molar-refractivity contribution in [3.63, 3.8) is 0 Å². The first-order chi connectivity index (χ1) is 10.5. The summed E-state index contributed by atoms with van der Waals surface area (Å²) in [5.74, 6) is -0.704. The second kappa shape index (κ2) is 17.9. The normalized spacial score (nSPS) is 8.00. The van der Waals surface area contributed by atoms with Gasteiger partial charge in [0.05, 0.1) is 7.11 Å². The van der Waals surface area contributed by atoms with Gasteiger partial charge in [-0.05, 0) is 39.8 Å². The molecule has 0 bridgehead atoms. The van der Waals surface area contributed by atoms with E-state index in [1.807, 2.05) is 39.8 Å². The van der Waals surface area contributed by atoms with Crippen molar-refractivity contribution in [3.8, 4) is 0 Å². The van der Waals surface area contributed by atoms with Gasteiger partial charge >= 0.3 is 17.9 Å². The van der Waals surface area contributed by atoms with Crippen LogP contribution in [0.1, 0.15) is 48.5 Å². The number of ether oxygens (including phenoxy) is 3. The first-order valence-corrected chi connectivity index (χ1v) is 7.10. The molecule has 0 spiro atoms. The van der Waals surface area contributed by atoms with Gasteiger partial charge in [-0.1, -0.05) is 11.1 Å². The molecular weight excluding hydrogens is 300 g/mol. The summed E-state index contributed by atoms with van der Waals surface area (Å²) in [7, 11) is 1.35. The van der Waals surface area contributed by atoms with Gasteiger partial charge in [-0.15, -0.1) is 0 Å². The predicted octanol–water partition coefficient (Wildman–Crippen LogP) is 3.21. The molecule has 134 valence electrons. The Morgan fingerprint density at radius 3 is 1.04 bits per heavy atom. The summed E-state index contributed by atoms with van der Waals surface area (Å²) in [4.78, 5) is 29.9. The second-order valence-corrected chi connectivity index (χ2v) is 4.86. The number of esters is 3. The highest BCUT2D eigenvalue weighted by molar-refractivity contribution is 5.66. The maximum atomic E-state index is 10.2. The van der Waals surface area contributed by atoms with Gasteiger partial charge in [-0.2, -0.15) is 0 Å². The van der Waals surface area contributed by atoms with Crippen molar-refractivity contribution in [1.82, 2.24) is 0 Å². The third-order valence-electron chi connectivity index (χ3n) is 1.84. The minimum atomic E-state index is -0.245. The molecule has 0 rings (SSSR count). The smallest absolute Gasteiger partial charge is 0.302 e. The molecule has 0 radical (unpaired) electrons. The van der Waals surface area contributed by atoms with Crippen LogP contribution in [-0.2, 0) is 28.6 Å². The van der Waals surface area contributed by atoms with Crippen LogP contribution < -0.4 is 0 Å². The van der Waals surface area contributed by atoms with Gasteiger partial charge in [0.1, 0.15) is 13.2 Å². The Balaban J connectivity index is -0.000000273. The zero-order valence-corrected chi connectivity index (χ0v) is 15.5. The van der Waals surface area contributed by atoms with Crippen LogP contribution in [0, 0.1) is 0 Å². The number of carbonyl (C=O) groups is 3. The maximum Gasteiger partial charge on any atom is 0.302 e. The Kier molecular flexibility index (Phi) is 20.1. The summed E-state index contributed by atoms with van der Waals surface area (Å²) in [6.07, 6.45) is 3.72. The van der Waals surface area contributed by atoms with Crippen molar-refractivity contribution < 1.29 is 28.6 Å². The highest BCUT2D eigenvalue weighted by Crippen LogP contribution is 1.88. The Morgan fingerprint density at radius 1 is 0.652 bits per heavy atom. The fraction of sp³-hybridized carbons (Fsp3) is 0.588. The summed E-state index contributed by atoms with van der Waals surface area (Å²) in [5, 5.41) is 0. The van der Waals surface area contributed by atoms with E-state index in [4.69, 9.17) is 0 Å². The molecule has 0 aromatic carbocycles. The quantitative estimate of drug-likeness (QED) is 0.447. The van der Waals surface area contributed by atoms with Gasteiger partial charge in [0.15, 0.2) is 0 Å². The molecule has 0 atom stereocenters. The van der Waals surface area contributed by atoms with Crippen molar-refractivity contribution >= 4 is 17.9 Å². The lowest BCUT2D eigenvalue weighted by Crippen LogP contribution is -1.97. The lowest BCUT2D eigenvalue weighted by atomic mass is 10.3. The molecule has 0 unspecified atom stereocenters. The standard InChI is InChI=1S/2C7H12O2.C3H6O2/c2*1-6(2)4-5-9-7(3)8;1-3(4)5-2/h2*4H,5H2,1-3H3;1-2H3. The highest BCUT2D eigenvalue weighted by Gasteiger charge is 1.87. The van der Waals surface area contributed by atoms with E-state index in [0.717, 1.165) is 11.1 Å². The number of carbonyl (C=O) groups excluding carboxylic acids is 3. The highest BCUT2D eigenvalue weighted by atomic mass is 16.5. The van der Waals surface area contributed by atoms with Crippen molar-refractivity contribution in [3.05, 3.63) is 23.3 Å². The van der Waals surface area contributed by atoms with E-state index in [1.165, 1.54) is 27.9 Å². The Labute approximate surface area is 139 Å². The second-order valence-electron chi connectivity index (χ2n) is 4.86. The molecule has 0 N–H and O–H groups in total. The molecule has 0 aliphatic carbocycles. The van der Waals surface area contributed by atoms with Crippen molar-refractivity contribution in [2.45, 2.75) is 48.5 Å². The van der Waals surface area contributed by atoms with E-state index in [9.17, 15) is 14.4 Å². The molecule has 0 aromatic rings. The summed E-state index contributed by atoms with van der Waals surface area (Å²) < 4.78 is 13.4. The molecule has 0 saturated heterocycles. The third-order valence-corrected chi connectivity index (χ3v) is 1.84. The molecule has 6 heteroatoms. The van der Waals surface area contributed by atoms with E-state index < -0.39 is 0 Å². The topological polar surface area (TPSA) is 78.9 Å². The molecule has 0 aromatic heterocycles. The largest absolute Gasteiger partial charge is 0.469 e. The summed E-state index contributed by atoms with van der Waals surface area (Å²) in [6, 6.07) is 0. The number of hydrogen-bond acceptors (Lipinski definition) is 6. The van der Waals surface area contributed by atoms with Crippen LogP contribution in [0.25, 0.3) is 0 Å². The molecule has 6 nitrogen and oxygen atoms in total. The number of methoxy groups -OCH3 is 1. The van der Waals surface area contributed by atoms with Crippen LogP contribution in [0.2, 0.25) is 0 Å². The molecule has 0 aliphatic rings. The van der Waals surface area contributed by atoms with Crippen molar-refractivity contribution in [2.24, 2.45) is 0 Å². The van der Waals surface area contributed by atoms with E-state index in [-0.39, 0.29) is 17.9 Å². The molecule has 0 fully saturated rings. The number of rotatable bonds is 4. The lowest BCUT2D eigenvalue weighted by molar-refractivity contribution is -0.140. The number of allylic oxidation sites excluding steroid dienone is 2. The van der Waals surface area contributed by atoms with Crippen molar-refractivity contribution in [1.29, 1.82) is 0 Å². The first kappa shape index (κ1) is 25.8. The van der Waals surface area contributed by atoms with E-state index >= 15 is 0 Å². The lowest BCUT2D eigenvalue weighted by Gasteiger charge is -1.94. The van der Waals surface area contributed by atoms with E-state index in [2.05, 4.69) is 14.2 Å². The first-order valence-electron chi connectivity index (χ1n) is 7.10. The molecule has 23 heavy (non-hydrogen) atoms. The SMILES string of the molecule is CC(=O)OCC=C(C)C.CC(=O)OCC=C(C)C.COC(C)=O. The van der Waals surface area contributed by atoms with Crippen LogP contribution in [0.15, 0.2) is 23.3 Å². The Bertz CT molecular complexity index is 367. The fourth-order valence-corrected chi connectivity index (χ4v) is 0.651. The monoisotopic (exact) mass is 330 g/mol. The number of hydrogen-bond donors (Lipinski definition) is 0. The average molecular weight is 330 g/mol. The molecular formula is C17H30O6. The molecule has 0 amide bonds. The Morgan fingerprint density at radius 2 is 0.913 bits per heavy atom. The summed E-state index contributed by atoms with van der Waals surface area (Å²) >= 11 is 0. The zero-order chi connectivity index (χ0) is 18.8. The maximum absolute atomic E-state index is 10.2. The van der Waals surface area contributed by atoms with Gasteiger partial charge in [0.2, 0.25) is 0 Å². The molecule has 0 heterocycles. The van der Waals surface area contributed by atoms with Gasteiger partial charge in [-0.3, -0.25) is 14.4 Å². The summed E-state index contributed by atoms with van der Waals surface area (Å²) in [6.45, 7) is 12.8. The van der Waals surface area contributed by atoms with Gasteiger partial charge in [0, 0.05) is 20.8 Å². The molecule has 0 saturated carbocycles. The minimum absolute atomic E-state index is 0.229. The third kappa shape index (κ3) is 45.0. The van der Waals surface area contributed by atoms with Crippen LogP contribution in [-0.4, -0.2) is 38.2 Å². The summed E-state index contributed by atoms with van der Waals surface area (Å²) in [5.41, 5.74) is 2.33. The van der Waals surface area contributed by atoms with Gasteiger partial charge < -0.3 is 14.2 Å². The predicted molar refractivity (Wildman–Crippen MR) is 89.8 cm³/mol. The van der Waals surface area contributed by atoms with Crippen molar-refractivity contribution in [2.75, 3.05) is 20.3 Å². The van der Waals surface area contributed by atoms with Gasteiger partial charge in [0.25, 0.3) is 0 Å². The minimum Gasteiger partial charge on any atom is -0.469 e. The van der Waals surface area contributed by atoms with Crippen LogP contribution in [0.4, 0.5) is 0 Å². The zero-order valence-electron chi connectivity index (χ0n) is 15.5. The molecule has 0 aliphatic heterocycles. The fourth-order valence-electron chi connectivity index (χ4n) is 0.651. The Hall–Kier alpha value is -2.11. The average Bonchev–Trinajstić information content (AvgIpc) is 2.38. The van der Waals surface area contributed by atoms with Crippen LogP contribution in [0.3, 0.4) is 0 Å². The van der Waals surface area contributed by atoms with Gasteiger partial charge in [-0.25, -0.2) is 0 Å². The van der Waals surface area contributed by atoms with E-state index in [0.29, 0.717) is 13.2 Å². The van der Waals surface area contributed by atoms with Crippen LogP contribution >= 0.6 is 0 Å². The van der Waals surface area contributed by atoms with Crippen LogP contribution in [0.5, 0.6) is 0 Å². The van der Waals surface area contributed by atoms with E-state index in [1.54, 1.807) is 0 Å².